The van der Waals surface area contributed by atoms with E-state index in [-0.39, 0.29) is 18.5 Å². The minimum absolute atomic E-state index is 0.0207. The predicted octanol–water partition coefficient (Wildman–Crippen LogP) is 2.27. The van der Waals surface area contributed by atoms with Gasteiger partial charge in [0.2, 0.25) is 5.91 Å². The molecule has 0 aromatic carbocycles. The van der Waals surface area contributed by atoms with Crippen LogP contribution in [0.4, 0.5) is 10.6 Å². The summed E-state index contributed by atoms with van der Waals surface area (Å²) in [4.78, 5) is 27.8. The molecule has 2 rings (SSSR count). The Bertz CT molecular complexity index is 519. The summed E-state index contributed by atoms with van der Waals surface area (Å²) in [5, 5.41) is 8.16. The molecule has 1 aromatic rings. The van der Waals surface area contributed by atoms with Crippen LogP contribution in [0.5, 0.6) is 0 Å². The molecule has 22 heavy (non-hydrogen) atoms. The van der Waals surface area contributed by atoms with E-state index in [2.05, 4.69) is 20.9 Å². The number of nitrogens with one attached hydrogen (secondary N) is 3. The lowest BCUT2D eigenvalue weighted by Crippen LogP contribution is -2.43. The summed E-state index contributed by atoms with van der Waals surface area (Å²) in [6.07, 6.45) is 5.64. The van der Waals surface area contributed by atoms with Gasteiger partial charge in [0.1, 0.15) is 5.82 Å². The fraction of sp³-hybridized carbons (Fsp3) is 0.562. The zero-order valence-corrected chi connectivity index (χ0v) is 13.2. The molecular weight excluding hydrogens is 280 g/mol. The lowest BCUT2D eigenvalue weighted by atomic mass is 9.95. The molecule has 1 heterocycles. The lowest BCUT2D eigenvalue weighted by Gasteiger charge is -2.22. The number of carbonyl (C=O) groups excluding carboxylic acids is 2. The first-order valence-corrected chi connectivity index (χ1v) is 7.82. The maximum atomic E-state index is 11.8. The van der Waals surface area contributed by atoms with Crippen LogP contribution < -0.4 is 16.0 Å². The molecule has 6 nitrogen and oxygen atoms in total. The van der Waals surface area contributed by atoms with Crippen LogP contribution >= 0.6 is 0 Å². The molecule has 1 aromatic heterocycles. The smallest absolute Gasteiger partial charge is 0.320 e. The Morgan fingerprint density at radius 2 is 1.91 bits per heavy atom. The molecule has 0 unspecified atom stereocenters. The van der Waals surface area contributed by atoms with E-state index in [1.165, 1.54) is 6.42 Å². The van der Waals surface area contributed by atoms with E-state index in [1.54, 1.807) is 6.07 Å². The van der Waals surface area contributed by atoms with Gasteiger partial charge in [0.05, 0.1) is 6.54 Å². The molecule has 1 aliphatic rings. The van der Waals surface area contributed by atoms with Crippen molar-refractivity contribution in [3.05, 3.63) is 23.4 Å². The van der Waals surface area contributed by atoms with Crippen molar-refractivity contribution in [3.63, 3.8) is 0 Å². The van der Waals surface area contributed by atoms with Gasteiger partial charge in [-0.05, 0) is 44.4 Å². The van der Waals surface area contributed by atoms with E-state index in [0.717, 1.165) is 36.9 Å². The van der Waals surface area contributed by atoms with Crippen molar-refractivity contribution in [2.24, 2.45) is 0 Å². The predicted molar refractivity (Wildman–Crippen MR) is 85.7 cm³/mol. The van der Waals surface area contributed by atoms with Crippen molar-refractivity contribution in [1.29, 1.82) is 0 Å². The zero-order valence-electron chi connectivity index (χ0n) is 13.2. The Balaban J connectivity index is 1.73. The first kappa shape index (κ1) is 16.3. The quantitative estimate of drug-likeness (QED) is 0.798. The standard InChI is InChI=1S/C16H24N4O2/c1-11-8-12(2)18-14(9-11)20-16(22)17-10-15(21)19-13-6-4-3-5-7-13/h8-9,13H,3-7,10H2,1-2H3,(H,19,21)(H2,17,18,20,22). The SMILES string of the molecule is Cc1cc(C)nc(NC(=O)NCC(=O)NC2CCCCC2)c1. The summed E-state index contributed by atoms with van der Waals surface area (Å²) in [5.74, 6) is 0.345. The Morgan fingerprint density at radius 1 is 1.18 bits per heavy atom. The first-order valence-electron chi connectivity index (χ1n) is 7.82. The van der Waals surface area contributed by atoms with Gasteiger partial charge in [0.15, 0.2) is 0 Å². The van der Waals surface area contributed by atoms with Crippen molar-refractivity contribution in [2.45, 2.75) is 52.0 Å². The maximum Gasteiger partial charge on any atom is 0.320 e. The average Bonchev–Trinajstić information content (AvgIpc) is 2.45. The molecule has 3 N–H and O–H groups in total. The van der Waals surface area contributed by atoms with Crippen molar-refractivity contribution in [2.75, 3.05) is 11.9 Å². The van der Waals surface area contributed by atoms with E-state index in [1.807, 2.05) is 19.9 Å². The van der Waals surface area contributed by atoms with Gasteiger partial charge >= 0.3 is 6.03 Å². The third kappa shape index (κ3) is 5.35. The van der Waals surface area contributed by atoms with E-state index in [9.17, 15) is 9.59 Å². The molecule has 0 spiro atoms. The van der Waals surface area contributed by atoms with E-state index < -0.39 is 6.03 Å². The molecule has 0 bridgehead atoms. The van der Waals surface area contributed by atoms with Crippen molar-refractivity contribution >= 4 is 17.8 Å². The van der Waals surface area contributed by atoms with Crippen molar-refractivity contribution in [1.82, 2.24) is 15.6 Å². The summed E-state index contributed by atoms with van der Waals surface area (Å²) in [5.41, 5.74) is 1.86. The molecule has 1 saturated carbocycles. The number of aryl methyl sites for hydroxylation is 2. The number of pyridine rings is 1. The second-order valence-electron chi connectivity index (χ2n) is 5.88. The third-order valence-electron chi connectivity index (χ3n) is 3.72. The number of amides is 3. The average molecular weight is 304 g/mol. The molecule has 6 heteroatoms. The number of urea groups is 1. The fourth-order valence-electron chi connectivity index (χ4n) is 2.75. The van der Waals surface area contributed by atoms with Crippen molar-refractivity contribution < 1.29 is 9.59 Å². The molecule has 0 radical (unpaired) electrons. The summed E-state index contributed by atoms with van der Waals surface area (Å²) in [6, 6.07) is 3.55. The second-order valence-corrected chi connectivity index (χ2v) is 5.88. The summed E-state index contributed by atoms with van der Waals surface area (Å²) >= 11 is 0. The van der Waals surface area contributed by atoms with Gasteiger partial charge in [0, 0.05) is 11.7 Å². The number of aromatic nitrogens is 1. The van der Waals surface area contributed by atoms with E-state index >= 15 is 0 Å². The summed E-state index contributed by atoms with van der Waals surface area (Å²) in [6.45, 7) is 3.79. The number of nitrogens with zero attached hydrogens (tertiary/aromatic N) is 1. The Kier molecular flexibility index (Phi) is 5.75. The lowest BCUT2D eigenvalue weighted by molar-refractivity contribution is -0.120. The minimum atomic E-state index is -0.420. The summed E-state index contributed by atoms with van der Waals surface area (Å²) < 4.78 is 0. The zero-order chi connectivity index (χ0) is 15.9. The van der Waals surface area contributed by atoms with Crippen molar-refractivity contribution in [3.8, 4) is 0 Å². The second kappa shape index (κ2) is 7.77. The highest BCUT2D eigenvalue weighted by Gasteiger charge is 2.15. The number of hydrogen-bond acceptors (Lipinski definition) is 3. The molecule has 0 saturated heterocycles. The molecule has 1 fully saturated rings. The molecule has 1 aliphatic carbocycles. The molecular formula is C16H24N4O2. The highest BCUT2D eigenvalue weighted by atomic mass is 16.2. The Morgan fingerprint density at radius 3 is 2.59 bits per heavy atom. The number of rotatable bonds is 4. The summed E-state index contributed by atoms with van der Waals surface area (Å²) in [7, 11) is 0. The van der Waals surface area contributed by atoms with Crippen LogP contribution in [-0.4, -0.2) is 29.5 Å². The number of carbonyl (C=O) groups is 2. The van der Waals surface area contributed by atoms with Gasteiger partial charge in [-0.15, -0.1) is 0 Å². The van der Waals surface area contributed by atoms with Crippen LogP contribution in [0, 0.1) is 13.8 Å². The van der Waals surface area contributed by atoms with Crippen LogP contribution in [-0.2, 0) is 4.79 Å². The Hall–Kier alpha value is -2.11. The van der Waals surface area contributed by atoms with Gasteiger partial charge in [-0.25, -0.2) is 9.78 Å². The largest absolute Gasteiger partial charge is 0.352 e. The van der Waals surface area contributed by atoms with Gasteiger partial charge in [-0.2, -0.15) is 0 Å². The maximum absolute atomic E-state index is 11.8. The highest BCUT2D eigenvalue weighted by molar-refractivity contribution is 5.91. The third-order valence-corrected chi connectivity index (χ3v) is 3.72. The minimum Gasteiger partial charge on any atom is -0.352 e. The molecule has 120 valence electrons. The van der Waals surface area contributed by atoms with Gasteiger partial charge < -0.3 is 10.6 Å². The van der Waals surface area contributed by atoms with E-state index in [4.69, 9.17) is 0 Å². The number of hydrogen-bond donors (Lipinski definition) is 3. The topological polar surface area (TPSA) is 83.1 Å². The normalized spacial score (nSPS) is 15.2. The van der Waals surface area contributed by atoms with E-state index in [0.29, 0.717) is 5.82 Å². The van der Waals surface area contributed by atoms with Gasteiger partial charge in [-0.1, -0.05) is 19.3 Å². The monoisotopic (exact) mass is 304 g/mol. The Labute approximate surface area is 131 Å². The first-order chi connectivity index (χ1) is 10.5. The molecule has 0 aliphatic heterocycles. The fourth-order valence-corrected chi connectivity index (χ4v) is 2.75. The van der Waals surface area contributed by atoms with Crippen LogP contribution in [0.1, 0.15) is 43.4 Å². The molecule has 3 amide bonds. The highest BCUT2D eigenvalue weighted by Crippen LogP contribution is 2.17. The van der Waals surface area contributed by atoms with Crippen LogP contribution in [0.25, 0.3) is 0 Å². The molecule has 0 atom stereocenters. The van der Waals surface area contributed by atoms with Gasteiger partial charge in [0.25, 0.3) is 0 Å². The number of anilines is 1. The van der Waals surface area contributed by atoms with Crippen LogP contribution in [0.15, 0.2) is 12.1 Å². The van der Waals surface area contributed by atoms with Gasteiger partial charge in [-0.3, -0.25) is 10.1 Å². The van der Waals surface area contributed by atoms with Crippen LogP contribution in [0.2, 0.25) is 0 Å². The van der Waals surface area contributed by atoms with Crippen LogP contribution in [0.3, 0.4) is 0 Å².